The first-order valence-corrected chi connectivity index (χ1v) is 6.56. The van der Waals surface area contributed by atoms with Gasteiger partial charge >= 0.3 is 0 Å². The molecule has 1 aromatic carbocycles. The van der Waals surface area contributed by atoms with E-state index in [1.807, 2.05) is 0 Å². The highest BCUT2D eigenvalue weighted by molar-refractivity contribution is 6.31. The summed E-state index contributed by atoms with van der Waals surface area (Å²) in [6.07, 6.45) is 1.29. The normalized spacial score (nSPS) is 10.9. The van der Waals surface area contributed by atoms with Gasteiger partial charge in [0.15, 0.2) is 0 Å². The van der Waals surface area contributed by atoms with Gasteiger partial charge in [-0.3, -0.25) is 4.79 Å². The number of rotatable bonds is 7. The Morgan fingerprint density at radius 3 is 2.78 bits per heavy atom. The van der Waals surface area contributed by atoms with Crippen LogP contribution in [0.25, 0.3) is 0 Å². The highest BCUT2D eigenvalue weighted by Gasteiger charge is 2.11. The molecule has 0 unspecified atom stereocenters. The van der Waals surface area contributed by atoms with Crippen molar-refractivity contribution in [1.29, 1.82) is 0 Å². The van der Waals surface area contributed by atoms with E-state index in [4.69, 9.17) is 11.6 Å². The Morgan fingerprint density at radius 1 is 1.44 bits per heavy atom. The van der Waals surface area contributed by atoms with Gasteiger partial charge < -0.3 is 5.32 Å². The molecule has 0 heterocycles. The first-order valence-electron chi connectivity index (χ1n) is 6.18. The van der Waals surface area contributed by atoms with Gasteiger partial charge in [-0.15, -0.1) is 0 Å². The molecule has 0 amide bonds. The molecule has 0 fully saturated rings. The lowest BCUT2D eigenvalue weighted by Crippen LogP contribution is -2.24. The van der Waals surface area contributed by atoms with E-state index in [2.05, 4.69) is 19.2 Å². The van der Waals surface area contributed by atoms with E-state index in [0.717, 1.165) is 13.0 Å². The lowest BCUT2D eigenvalue weighted by atomic mass is 10.1. The molecular weight excluding hydrogens is 253 g/mol. The summed E-state index contributed by atoms with van der Waals surface area (Å²) in [7, 11) is 0. The Bertz CT molecular complexity index is 387. The fraction of sp³-hybridized carbons (Fsp3) is 0.500. The molecule has 0 saturated heterocycles. The molecule has 0 saturated carbocycles. The molecular formula is C14H19ClFNO. The molecule has 1 aromatic rings. The highest BCUT2D eigenvalue weighted by atomic mass is 35.5. The molecule has 0 radical (unpaired) electrons. The van der Waals surface area contributed by atoms with E-state index < -0.39 is 5.82 Å². The SMILES string of the molecule is CC(C)NCCCC(=O)Cc1c(F)cccc1Cl. The van der Waals surface area contributed by atoms with Crippen LogP contribution in [0.2, 0.25) is 5.02 Å². The quantitative estimate of drug-likeness (QED) is 0.771. The van der Waals surface area contributed by atoms with Crippen LogP contribution in [0.3, 0.4) is 0 Å². The Hall–Kier alpha value is -0.930. The molecule has 0 aromatic heterocycles. The van der Waals surface area contributed by atoms with E-state index in [9.17, 15) is 9.18 Å². The number of benzene rings is 1. The van der Waals surface area contributed by atoms with Gasteiger partial charge in [-0.25, -0.2) is 4.39 Å². The number of hydrogen-bond donors (Lipinski definition) is 1. The third kappa shape index (κ3) is 5.15. The summed E-state index contributed by atoms with van der Waals surface area (Å²) in [5, 5.41) is 3.56. The Morgan fingerprint density at radius 2 is 2.17 bits per heavy atom. The van der Waals surface area contributed by atoms with Gasteiger partial charge in [0.2, 0.25) is 0 Å². The van der Waals surface area contributed by atoms with Crippen molar-refractivity contribution >= 4 is 17.4 Å². The third-order valence-corrected chi connectivity index (χ3v) is 2.97. The summed E-state index contributed by atoms with van der Waals surface area (Å²) in [6.45, 7) is 4.91. The van der Waals surface area contributed by atoms with Crippen molar-refractivity contribution in [2.75, 3.05) is 6.54 Å². The van der Waals surface area contributed by atoms with Crippen LogP contribution in [0.5, 0.6) is 0 Å². The molecule has 0 aliphatic rings. The Labute approximate surface area is 113 Å². The largest absolute Gasteiger partial charge is 0.315 e. The maximum atomic E-state index is 13.5. The zero-order chi connectivity index (χ0) is 13.5. The lowest BCUT2D eigenvalue weighted by Gasteiger charge is -2.08. The summed E-state index contributed by atoms with van der Waals surface area (Å²) < 4.78 is 13.5. The molecule has 1 rings (SSSR count). The molecule has 18 heavy (non-hydrogen) atoms. The number of hydrogen-bond acceptors (Lipinski definition) is 2. The van der Waals surface area contributed by atoms with Crippen LogP contribution in [0.4, 0.5) is 4.39 Å². The van der Waals surface area contributed by atoms with E-state index in [0.29, 0.717) is 23.0 Å². The number of nitrogens with one attached hydrogen (secondary N) is 1. The number of Topliss-reactive ketones (excluding diaryl/α,β-unsaturated/α-hetero) is 1. The van der Waals surface area contributed by atoms with Gasteiger partial charge in [0.25, 0.3) is 0 Å². The van der Waals surface area contributed by atoms with Crippen molar-refractivity contribution in [2.45, 2.75) is 39.2 Å². The molecule has 4 heteroatoms. The van der Waals surface area contributed by atoms with E-state index in [1.54, 1.807) is 6.07 Å². The molecule has 2 nitrogen and oxygen atoms in total. The molecule has 0 aliphatic heterocycles. The maximum Gasteiger partial charge on any atom is 0.137 e. The summed E-state index contributed by atoms with van der Waals surface area (Å²) in [5.74, 6) is -0.385. The summed E-state index contributed by atoms with van der Waals surface area (Å²) >= 11 is 5.87. The number of ketones is 1. The summed E-state index contributed by atoms with van der Waals surface area (Å²) in [6, 6.07) is 4.89. The van der Waals surface area contributed by atoms with Crippen molar-refractivity contribution in [3.05, 3.63) is 34.6 Å². The molecule has 1 N–H and O–H groups in total. The summed E-state index contributed by atoms with van der Waals surface area (Å²) in [4.78, 5) is 11.7. The van der Waals surface area contributed by atoms with Gasteiger partial charge in [0.05, 0.1) is 0 Å². The predicted molar refractivity (Wildman–Crippen MR) is 72.5 cm³/mol. The van der Waals surface area contributed by atoms with Gasteiger partial charge in [0.1, 0.15) is 11.6 Å². The Balaban J connectivity index is 2.40. The van der Waals surface area contributed by atoms with E-state index >= 15 is 0 Å². The van der Waals surface area contributed by atoms with E-state index in [-0.39, 0.29) is 12.2 Å². The Kier molecular flexibility index (Phi) is 6.30. The second-order valence-electron chi connectivity index (χ2n) is 4.63. The molecule has 0 aliphatic carbocycles. The second-order valence-corrected chi connectivity index (χ2v) is 5.04. The van der Waals surface area contributed by atoms with Gasteiger partial charge in [-0.1, -0.05) is 31.5 Å². The van der Waals surface area contributed by atoms with Gasteiger partial charge in [0, 0.05) is 29.5 Å². The molecule has 0 atom stereocenters. The minimum atomic E-state index is -0.406. The monoisotopic (exact) mass is 271 g/mol. The van der Waals surface area contributed by atoms with Crippen molar-refractivity contribution in [1.82, 2.24) is 5.32 Å². The van der Waals surface area contributed by atoms with Crippen LogP contribution in [0, 0.1) is 5.82 Å². The summed E-state index contributed by atoms with van der Waals surface area (Å²) in [5.41, 5.74) is 0.306. The first kappa shape index (κ1) is 15.1. The zero-order valence-electron chi connectivity index (χ0n) is 10.8. The average Bonchev–Trinajstić information content (AvgIpc) is 2.29. The van der Waals surface area contributed by atoms with Gasteiger partial charge in [-0.2, -0.15) is 0 Å². The van der Waals surface area contributed by atoms with Crippen LogP contribution < -0.4 is 5.32 Å². The van der Waals surface area contributed by atoms with Crippen molar-refractivity contribution in [2.24, 2.45) is 0 Å². The van der Waals surface area contributed by atoms with Crippen LogP contribution in [0.1, 0.15) is 32.3 Å². The maximum absolute atomic E-state index is 13.5. The van der Waals surface area contributed by atoms with Gasteiger partial charge in [-0.05, 0) is 25.1 Å². The van der Waals surface area contributed by atoms with Crippen LogP contribution in [-0.2, 0) is 11.2 Å². The van der Waals surface area contributed by atoms with E-state index in [1.165, 1.54) is 12.1 Å². The molecule has 0 bridgehead atoms. The standard InChI is InChI=1S/C14H19ClFNO/c1-10(2)17-8-4-5-11(18)9-12-13(15)6-3-7-14(12)16/h3,6-7,10,17H,4-5,8-9H2,1-2H3. The van der Waals surface area contributed by atoms with Crippen molar-refractivity contribution in [3.63, 3.8) is 0 Å². The first-order chi connectivity index (χ1) is 8.50. The number of halogens is 2. The number of carbonyl (C=O) groups is 1. The fourth-order valence-corrected chi connectivity index (χ4v) is 1.89. The van der Waals surface area contributed by atoms with Crippen LogP contribution >= 0.6 is 11.6 Å². The van der Waals surface area contributed by atoms with Crippen molar-refractivity contribution < 1.29 is 9.18 Å². The second kappa shape index (κ2) is 7.49. The van der Waals surface area contributed by atoms with Crippen LogP contribution in [-0.4, -0.2) is 18.4 Å². The fourth-order valence-electron chi connectivity index (χ4n) is 1.66. The smallest absolute Gasteiger partial charge is 0.137 e. The van der Waals surface area contributed by atoms with Crippen LogP contribution in [0.15, 0.2) is 18.2 Å². The predicted octanol–water partition coefficient (Wildman–Crippen LogP) is 3.37. The zero-order valence-corrected chi connectivity index (χ0v) is 11.6. The third-order valence-electron chi connectivity index (χ3n) is 2.62. The molecule has 100 valence electrons. The molecule has 0 spiro atoms. The number of carbonyl (C=O) groups excluding carboxylic acids is 1. The highest BCUT2D eigenvalue weighted by Crippen LogP contribution is 2.20. The lowest BCUT2D eigenvalue weighted by molar-refractivity contribution is -0.118. The average molecular weight is 272 g/mol. The van der Waals surface area contributed by atoms with Crippen molar-refractivity contribution in [3.8, 4) is 0 Å². The minimum Gasteiger partial charge on any atom is -0.315 e. The minimum absolute atomic E-state index is 0.0209. The topological polar surface area (TPSA) is 29.1 Å².